The van der Waals surface area contributed by atoms with Crippen molar-refractivity contribution >= 4 is 23.7 Å². The van der Waals surface area contributed by atoms with Gasteiger partial charge < -0.3 is 14.9 Å². The minimum atomic E-state index is -0.477. The molecule has 0 aliphatic rings. The highest BCUT2D eigenvalue weighted by molar-refractivity contribution is 6.32. The van der Waals surface area contributed by atoms with Gasteiger partial charge in [-0.3, -0.25) is 4.79 Å². The number of hydrogen-bond acceptors (Lipinski definition) is 5. The topological polar surface area (TPSA) is 91.2 Å². The lowest BCUT2D eigenvalue weighted by Crippen LogP contribution is -2.24. The van der Waals surface area contributed by atoms with Crippen LogP contribution < -0.4 is 10.2 Å². The minimum absolute atomic E-state index is 0.0631. The Labute approximate surface area is 131 Å². The Hall–Kier alpha value is -2.73. The molecule has 114 valence electrons. The smallest absolute Gasteiger partial charge is 0.277 e. The zero-order valence-electron chi connectivity index (χ0n) is 11.4. The Kier molecular flexibility index (Phi) is 5.21. The molecule has 0 radical (unpaired) electrons. The summed E-state index contributed by atoms with van der Waals surface area (Å²) in [5, 5.41) is 22.8. The van der Waals surface area contributed by atoms with Gasteiger partial charge in [0.05, 0.1) is 11.2 Å². The number of carbonyl (C=O) groups excluding carboxylic acids is 1. The van der Waals surface area contributed by atoms with Crippen LogP contribution in [-0.4, -0.2) is 28.9 Å². The number of hydrazone groups is 1. The van der Waals surface area contributed by atoms with Crippen LogP contribution in [-0.2, 0) is 4.79 Å². The fourth-order valence-corrected chi connectivity index (χ4v) is 1.74. The molecule has 0 bridgehead atoms. The van der Waals surface area contributed by atoms with Crippen LogP contribution in [0.4, 0.5) is 0 Å². The summed E-state index contributed by atoms with van der Waals surface area (Å²) in [6, 6.07) is 10.8. The first-order chi connectivity index (χ1) is 10.6. The first kappa shape index (κ1) is 15.7. The zero-order chi connectivity index (χ0) is 15.9. The van der Waals surface area contributed by atoms with Gasteiger partial charge >= 0.3 is 0 Å². The molecule has 0 unspecified atom stereocenters. The second-order valence-corrected chi connectivity index (χ2v) is 4.66. The van der Waals surface area contributed by atoms with Crippen LogP contribution in [0.15, 0.2) is 47.6 Å². The van der Waals surface area contributed by atoms with Crippen LogP contribution in [0.1, 0.15) is 5.56 Å². The van der Waals surface area contributed by atoms with E-state index in [0.29, 0.717) is 16.3 Å². The van der Waals surface area contributed by atoms with E-state index in [0.717, 1.165) is 0 Å². The van der Waals surface area contributed by atoms with Crippen LogP contribution in [0.5, 0.6) is 17.2 Å². The molecule has 0 atom stereocenters. The predicted molar refractivity (Wildman–Crippen MR) is 82.5 cm³/mol. The van der Waals surface area contributed by atoms with Gasteiger partial charge in [0.1, 0.15) is 17.2 Å². The van der Waals surface area contributed by atoms with Crippen molar-refractivity contribution in [1.29, 1.82) is 0 Å². The fourth-order valence-electron chi connectivity index (χ4n) is 1.55. The molecule has 3 N–H and O–H groups in total. The Morgan fingerprint density at radius 3 is 2.77 bits per heavy atom. The summed E-state index contributed by atoms with van der Waals surface area (Å²) in [5.74, 6) is -0.286. The van der Waals surface area contributed by atoms with E-state index in [4.69, 9.17) is 21.4 Å². The van der Waals surface area contributed by atoms with Gasteiger partial charge in [-0.05, 0) is 24.3 Å². The molecule has 0 fully saturated rings. The van der Waals surface area contributed by atoms with Gasteiger partial charge in [-0.1, -0.05) is 23.7 Å². The lowest BCUT2D eigenvalue weighted by Gasteiger charge is -2.06. The number of amides is 1. The molecule has 2 aromatic rings. The van der Waals surface area contributed by atoms with Crippen molar-refractivity contribution in [2.24, 2.45) is 5.10 Å². The molecule has 6 nitrogen and oxygen atoms in total. The second-order valence-electron chi connectivity index (χ2n) is 4.26. The molecular formula is C15H13ClN2O4. The van der Waals surface area contributed by atoms with Crippen molar-refractivity contribution in [3.63, 3.8) is 0 Å². The summed E-state index contributed by atoms with van der Waals surface area (Å²) in [6.07, 6.45) is 1.25. The first-order valence-electron chi connectivity index (χ1n) is 6.27. The van der Waals surface area contributed by atoms with Gasteiger partial charge in [0.2, 0.25) is 0 Å². The molecule has 0 aromatic heterocycles. The van der Waals surface area contributed by atoms with Crippen LogP contribution in [0.25, 0.3) is 0 Å². The number of para-hydroxylation sites is 1. The number of ether oxygens (including phenoxy) is 1. The third kappa shape index (κ3) is 4.39. The maximum absolute atomic E-state index is 11.6. The van der Waals surface area contributed by atoms with E-state index < -0.39 is 5.91 Å². The number of phenolic OH excluding ortho intramolecular Hbond substituents is 2. The SMILES string of the molecule is O=C(COc1ccccc1Cl)NN=Cc1ccc(O)cc1O. The molecule has 0 saturated carbocycles. The molecule has 7 heteroatoms. The molecule has 0 heterocycles. The number of nitrogens with one attached hydrogen (secondary N) is 1. The summed E-state index contributed by atoms with van der Waals surface area (Å²) in [4.78, 5) is 11.6. The van der Waals surface area contributed by atoms with Gasteiger partial charge in [-0.2, -0.15) is 5.10 Å². The number of halogens is 1. The third-order valence-electron chi connectivity index (χ3n) is 2.60. The van der Waals surface area contributed by atoms with Crippen LogP contribution in [0, 0.1) is 0 Å². The van der Waals surface area contributed by atoms with E-state index >= 15 is 0 Å². The normalized spacial score (nSPS) is 10.6. The molecule has 0 spiro atoms. The number of rotatable bonds is 5. The predicted octanol–water partition coefficient (Wildman–Crippen LogP) is 2.28. The molecule has 2 rings (SSSR count). The van der Waals surface area contributed by atoms with Crippen LogP contribution in [0.2, 0.25) is 5.02 Å². The summed E-state index contributed by atoms with van der Waals surface area (Å²) in [7, 11) is 0. The zero-order valence-corrected chi connectivity index (χ0v) is 12.1. The largest absolute Gasteiger partial charge is 0.508 e. The monoisotopic (exact) mass is 320 g/mol. The van der Waals surface area contributed by atoms with Gasteiger partial charge in [0, 0.05) is 11.6 Å². The van der Waals surface area contributed by atoms with E-state index in [1.54, 1.807) is 24.3 Å². The Balaban J connectivity index is 1.85. The molecule has 1 amide bonds. The highest BCUT2D eigenvalue weighted by Crippen LogP contribution is 2.23. The molecule has 22 heavy (non-hydrogen) atoms. The summed E-state index contributed by atoms with van der Waals surface area (Å²) in [5.41, 5.74) is 2.60. The summed E-state index contributed by atoms with van der Waals surface area (Å²) >= 11 is 5.89. The number of phenols is 2. The fraction of sp³-hybridized carbons (Fsp3) is 0.0667. The average molecular weight is 321 g/mol. The standard InChI is InChI=1S/C15H13ClN2O4/c16-12-3-1-2-4-14(12)22-9-15(21)18-17-8-10-5-6-11(19)7-13(10)20/h1-8,19-20H,9H2,(H,18,21). The molecular weight excluding hydrogens is 308 g/mol. The Morgan fingerprint density at radius 1 is 1.27 bits per heavy atom. The van der Waals surface area contributed by atoms with Crippen molar-refractivity contribution in [2.75, 3.05) is 6.61 Å². The van der Waals surface area contributed by atoms with E-state index in [9.17, 15) is 9.90 Å². The van der Waals surface area contributed by atoms with Crippen molar-refractivity contribution in [3.05, 3.63) is 53.1 Å². The van der Waals surface area contributed by atoms with Gasteiger partial charge in [0.15, 0.2) is 6.61 Å². The Morgan fingerprint density at radius 2 is 2.05 bits per heavy atom. The van der Waals surface area contributed by atoms with Crippen molar-refractivity contribution in [3.8, 4) is 17.2 Å². The average Bonchev–Trinajstić information content (AvgIpc) is 2.49. The molecule has 2 aromatic carbocycles. The number of benzene rings is 2. The highest BCUT2D eigenvalue weighted by atomic mass is 35.5. The first-order valence-corrected chi connectivity index (χ1v) is 6.65. The van der Waals surface area contributed by atoms with Crippen molar-refractivity contribution < 1.29 is 19.7 Å². The highest BCUT2D eigenvalue weighted by Gasteiger charge is 2.04. The number of nitrogens with zero attached hydrogens (tertiary/aromatic N) is 1. The molecule has 0 aliphatic heterocycles. The number of carbonyl (C=O) groups is 1. The van der Waals surface area contributed by atoms with E-state index in [2.05, 4.69) is 10.5 Å². The van der Waals surface area contributed by atoms with Gasteiger partial charge in [0.25, 0.3) is 5.91 Å². The second kappa shape index (κ2) is 7.33. The lowest BCUT2D eigenvalue weighted by molar-refractivity contribution is -0.123. The van der Waals surface area contributed by atoms with E-state index in [1.807, 2.05) is 0 Å². The van der Waals surface area contributed by atoms with Crippen LogP contribution >= 0.6 is 11.6 Å². The lowest BCUT2D eigenvalue weighted by atomic mass is 10.2. The molecule has 0 aliphatic carbocycles. The van der Waals surface area contributed by atoms with E-state index in [-0.39, 0.29) is 18.1 Å². The third-order valence-corrected chi connectivity index (χ3v) is 2.91. The number of hydrogen-bond donors (Lipinski definition) is 3. The number of aromatic hydroxyl groups is 2. The quantitative estimate of drug-likeness (QED) is 0.582. The molecule has 0 saturated heterocycles. The maximum Gasteiger partial charge on any atom is 0.277 e. The van der Waals surface area contributed by atoms with Gasteiger partial charge in [-0.15, -0.1) is 0 Å². The minimum Gasteiger partial charge on any atom is -0.508 e. The van der Waals surface area contributed by atoms with Crippen molar-refractivity contribution in [2.45, 2.75) is 0 Å². The summed E-state index contributed by atoms with van der Waals surface area (Å²) < 4.78 is 5.24. The van der Waals surface area contributed by atoms with Crippen LogP contribution in [0.3, 0.4) is 0 Å². The van der Waals surface area contributed by atoms with Gasteiger partial charge in [-0.25, -0.2) is 5.43 Å². The Bertz CT molecular complexity index is 704. The summed E-state index contributed by atoms with van der Waals surface area (Å²) in [6.45, 7) is -0.247. The van der Waals surface area contributed by atoms with E-state index in [1.165, 1.54) is 24.4 Å². The van der Waals surface area contributed by atoms with Crippen molar-refractivity contribution in [1.82, 2.24) is 5.43 Å². The maximum atomic E-state index is 11.6.